The molecule has 0 aliphatic carbocycles. The van der Waals surface area contributed by atoms with E-state index in [1.807, 2.05) is 24.3 Å². The fourth-order valence-corrected chi connectivity index (χ4v) is 5.39. The van der Waals surface area contributed by atoms with Crippen molar-refractivity contribution in [3.05, 3.63) is 45.3 Å². The number of methoxy groups -OCH3 is 1. The van der Waals surface area contributed by atoms with Gasteiger partial charge in [0.1, 0.15) is 5.00 Å². The van der Waals surface area contributed by atoms with Crippen LogP contribution in [-0.2, 0) is 22.5 Å². The number of nitrogens with one attached hydrogen (secondary N) is 1. The van der Waals surface area contributed by atoms with Gasteiger partial charge >= 0.3 is 5.97 Å². The first kappa shape index (κ1) is 24.0. The van der Waals surface area contributed by atoms with Gasteiger partial charge in [-0.1, -0.05) is 18.5 Å². The summed E-state index contributed by atoms with van der Waals surface area (Å²) in [5.41, 5.74) is 1.55. The molecular formula is C20H24Cl2N2O3S2. The minimum atomic E-state index is -0.381. The number of amides is 1. The lowest BCUT2D eigenvalue weighted by molar-refractivity contribution is -0.115. The Labute approximate surface area is 190 Å². The number of fused-ring (bicyclic) bond motifs is 1. The van der Waals surface area contributed by atoms with Gasteiger partial charge in [-0.05, 0) is 42.8 Å². The van der Waals surface area contributed by atoms with Crippen LogP contribution in [0.15, 0.2) is 29.2 Å². The first-order valence-corrected chi connectivity index (χ1v) is 11.3. The molecule has 5 nitrogen and oxygen atoms in total. The topological polar surface area (TPSA) is 58.6 Å². The van der Waals surface area contributed by atoms with Crippen LogP contribution in [0.25, 0.3) is 0 Å². The van der Waals surface area contributed by atoms with Gasteiger partial charge in [0.25, 0.3) is 0 Å². The fourth-order valence-electron chi connectivity index (χ4n) is 3.11. The van der Waals surface area contributed by atoms with Crippen molar-refractivity contribution in [3.8, 4) is 0 Å². The summed E-state index contributed by atoms with van der Waals surface area (Å²) in [6, 6.07) is 7.55. The summed E-state index contributed by atoms with van der Waals surface area (Å²) in [6.45, 7) is 4.81. The van der Waals surface area contributed by atoms with Crippen molar-refractivity contribution in [1.29, 1.82) is 0 Å². The normalized spacial score (nSPS) is 13.3. The predicted octanol–water partition coefficient (Wildman–Crippen LogP) is 5.11. The largest absolute Gasteiger partial charge is 0.465 e. The van der Waals surface area contributed by atoms with Gasteiger partial charge in [0.15, 0.2) is 0 Å². The van der Waals surface area contributed by atoms with Gasteiger partial charge in [-0.25, -0.2) is 4.79 Å². The van der Waals surface area contributed by atoms with Crippen LogP contribution in [0.1, 0.15) is 34.1 Å². The van der Waals surface area contributed by atoms with E-state index in [4.69, 9.17) is 16.3 Å². The molecule has 2 aromatic rings. The summed E-state index contributed by atoms with van der Waals surface area (Å²) in [6.07, 6.45) is 1.16. The Morgan fingerprint density at radius 1 is 1.31 bits per heavy atom. The molecule has 1 amide bonds. The molecule has 3 rings (SSSR count). The molecule has 0 fully saturated rings. The van der Waals surface area contributed by atoms with E-state index in [1.54, 1.807) is 11.8 Å². The van der Waals surface area contributed by atoms with Crippen LogP contribution in [0.2, 0.25) is 5.02 Å². The lowest BCUT2D eigenvalue weighted by Gasteiger charge is -2.25. The highest BCUT2D eigenvalue weighted by Crippen LogP contribution is 2.37. The SMILES string of the molecule is CCN1CCc2c(sc(NC(=O)CCSc3ccc(Cl)cc3)c2C(=O)OC)C1.Cl. The average Bonchev–Trinajstić information content (AvgIpc) is 3.05. The van der Waals surface area contributed by atoms with E-state index in [1.165, 1.54) is 18.4 Å². The van der Waals surface area contributed by atoms with Crippen LogP contribution < -0.4 is 5.32 Å². The number of carbonyl (C=O) groups is 2. The quantitative estimate of drug-likeness (QED) is 0.446. The number of thioether (sulfide) groups is 1. The second-order valence-corrected chi connectivity index (χ2v) is 9.13. The Balaban J connectivity index is 0.00000300. The summed E-state index contributed by atoms with van der Waals surface area (Å²) >= 11 is 8.97. The lowest BCUT2D eigenvalue weighted by Crippen LogP contribution is -2.29. The van der Waals surface area contributed by atoms with E-state index < -0.39 is 0 Å². The van der Waals surface area contributed by atoms with Crippen LogP contribution in [0.4, 0.5) is 5.00 Å². The Bertz CT molecular complexity index is 856. The molecule has 158 valence electrons. The van der Waals surface area contributed by atoms with Crippen LogP contribution in [-0.4, -0.2) is 42.7 Å². The lowest BCUT2D eigenvalue weighted by atomic mass is 10.0. The van der Waals surface area contributed by atoms with Gasteiger partial charge in [-0.3, -0.25) is 9.69 Å². The first-order valence-electron chi connectivity index (χ1n) is 9.15. The summed E-state index contributed by atoms with van der Waals surface area (Å²) in [7, 11) is 1.38. The average molecular weight is 475 g/mol. The monoisotopic (exact) mass is 474 g/mol. The van der Waals surface area contributed by atoms with Crippen molar-refractivity contribution in [2.75, 3.05) is 31.3 Å². The van der Waals surface area contributed by atoms with E-state index in [2.05, 4.69) is 17.1 Å². The van der Waals surface area contributed by atoms with Crippen molar-refractivity contribution in [2.24, 2.45) is 0 Å². The maximum atomic E-state index is 12.5. The molecule has 2 heterocycles. The highest BCUT2D eigenvalue weighted by molar-refractivity contribution is 7.99. The molecule has 1 aromatic heterocycles. The molecule has 1 aliphatic heterocycles. The summed E-state index contributed by atoms with van der Waals surface area (Å²) < 4.78 is 4.97. The maximum absolute atomic E-state index is 12.5. The second kappa shape index (κ2) is 11.2. The molecule has 29 heavy (non-hydrogen) atoms. The molecule has 0 unspecified atom stereocenters. The second-order valence-electron chi connectivity index (χ2n) is 6.42. The number of likely N-dealkylation sites (N-methyl/N-ethyl adjacent to an activating group) is 1. The number of thiophene rings is 1. The third kappa shape index (κ3) is 6.12. The molecule has 1 aliphatic rings. The minimum Gasteiger partial charge on any atom is -0.465 e. The highest BCUT2D eigenvalue weighted by Gasteiger charge is 2.28. The van der Waals surface area contributed by atoms with Crippen molar-refractivity contribution in [2.45, 2.75) is 31.2 Å². The molecule has 0 atom stereocenters. The van der Waals surface area contributed by atoms with E-state index in [-0.39, 0.29) is 24.3 Å². The van der Waals surface area contributed by atoms with Gasteiger partial charge in [-0.2, -0.15) is 0 Å². The third-order valence-electron chi connectivity index (χ3n) is 4.64. The predicted molar refractivity (Wildman–Crippen MR) is 123 cm³/mol. The zero-order valence-electron chi connectivity index (χ0n) is 16.3. The van der Waals surface area contributed by atoms with Gasteiger partial charge < -0.3 is 10.1 Å². The zero-order chi connectivity index (χ0) is 20.1. The van der Waals surface area contributed by atoms with Crippen molar-refractivity contribution >= 4 is 64.0 Å². The van der Waals surface area contributed by atoms with E-state index >= 15 is 0 Å². The molecule has 9 heteroatoms. The van der Waals surface area contributed by atoms with Crippen molar-refractivity contribution in [1.82, 2.24) is 4.90 Å². The summed E-state index contributed by atoms with van der Waals surface area (Å²) in [5.74, 6) is 0.168. The van der Waals surface area contributed by atoms with E-state index in [0.29, 0.717) is 27.8 Å². The number of hydrogen-bond acceptors (Lipinski definition) is 6. The van der Waals surface area contributed by atoms with E-state index in [9.17, 15) is 9.59 Å². The third-order valence-corrected chi connectivity index (χ3v) is 7.04. The Kier molecular flexibility index (Phi) is 9.30. The van der Waals surface area contributed by atoms with Gasteiger partial charge in [-0.15, -0.1) is 35.5 Å². The highest BCUT2D eigenvalue weighted by atomic mass is 35.5. The Hall–Kier alpha value is -1.25. The number of rotatable bonds is 7. The number of carbonyl (C=O) groups excluding carboxylic acids is 2. The van der Waals surface area contributed by atoms with E-state index in [0.717, 1.165) is 41.4 Å². The Morgan fingerprint density at radius 2 is 2.03 bits per heavy atom. The molecule has 0 saturated carbocycles. The molecule has 0 bridgehead atoms. The van der Waals surface area contributed by atoms with Crippen molar-refractivity contribution in [3.63, 3.8) is 0 Å². The number of esters is 1. The molecule has 1 N–H and O–H groups in total. The zero-order valence-corrected chi connectivity index (χ0v) is 19.5. The van der Waals surface area contributed by atoms with Gasteiger partial charge in [0.2, 0.25) is 5.91 Å². The minimum absolute atomic E-state index is 0. The smallest absolute Gasteiger partial charge is 0.341 e. The maximum Gasteiger partial charge on any atom is 0.341 e. The summed E-state index contributed by atoms with van der Waals surface area (Å²) in [5, 5.41) is 4.24. The van der Waals surface area contributed by atoms with Crippen LogP contribution in [0, 0.1) is 0 Å². The number of nitrogens with zero attached hydrogens (tertiary/aromatic N) is 1. The number of ether oxygens (including phenoxy) is 1. The molecule has 1 aromatic carbocycles. The van der Waals surface area contributed by atoms with Crippen LogP contribution in [0.5, 0.6) is 0 Å². The van der Waals surface area contributed by atoms with Gasteiger partial charge in [0, 0.05) is 40.1 Å². The molecule has 0 radical (unpaired) electrons. The standard InChI is InChI=1S/C20H23ClN2O3S2.ClH/c1-3-23-10-8-15-16(12-23)28-19(18(15)20(25)26-2)22-17(24)9-11-27-14-6-4-13(21)5-7-14;/h4-7H,3,8-12H2,1-2H3,(H,22,24);1H. The van der Waals surface area contributed by atoms with Crippen LogP contribution in [0.3, 0.4) is 0 Å². The number of anilines is 1. The van der Waals surface area contributed by atoms with Gasteiger partial charge in [0.05, 0.1) is 12.7 Å². The van der Waals surface area contributed by atoms with Crippen LogP contribution >= 0.6 is 47.1 Å². The molecule has 0 spiro atoms. The van der Waals surface area contributed by atoms with Crippen molar-refractivity contribution < 1.29 is 14.3 Å². The number of halogens is 2. The molecular weight excluding hydrogens is 451 g/mol. The number of hydrogen-bond donors (Lipinski definition) is 1. The summed E-state index contributed by atoms with van der Waals surface area (Å²) in [4.78, 5) is 29.3. The molecule has 0 saturated heterocycles. The number of benzene rings is 1. The fraction of sp³-hybridized carbons (Fsp3) is 0.400. The first-order chi connectivity index (χ1) is 13.5. The Morgan fingerprint density at radius 3 is 2.69 bits per heavy atom.